The Labute approximate surface area is 194 Å². The zero-order chi connectivity index (χ0) is 22.8. The van der Waals surface area contributed by atoms with E-state index in [-0.39, 0.29) is 18.2 Å². The first-order chi connectivity index (χ1) is 16.1. The van der Waals surface area contributed by atoms with Gasteiger partial charge in [-0.1, -0.05) is 19.1 Å². The minimum atomic E-state index is -0.407. The van der Waals surface area contributed by atoms with E-state index in [4.69, 9.17) is 9.47 Å². The molecule has 3 aliphatic rings. The molecule has 8 heteroatoms. The summed E-state index contributed by atoms with van der Waals surface area (Å²) in [4.78, 5) is 32.3. The van der Waals surface area contributed by atoms with Crippen molar-refractivity contribution in [3.63, 3.8) is 0 Å². The van der Waals surface area contributed by atoms with Crippen molar-refractivity contribution in [2.24, 2.45) is 5.92 Å². The molecular formula is C25H30N4O4. The number of fused-ring (bicyclic) bond motifs is 1. The van der Waals surface area contributed by atoms with Crippen LogP contribution in [0, 0.1) is 5.92 Å². The second kappa shape index (κ2) is 9.31. The summed E-state index contributed by atoms with van der Waals surface area (Å²) in [6.07, 6.45) is 0.192. The Bertz CT molecular complexity index is 1030. The van der Waals surface area contributed by atoms with E-state index in [0.717, 1.165) is 49.8 Å². The lowest BCUT2D eigenvalue weighted by atomic mass is 10.1. The summed E-state index contributed by atoms with van der Waals surface area (Å²) in [6.45, 7) is 8.49. The van der Waals surface area contributed by atoms with Crippen LogP contribution in [0.15, 0.2) is 42.5 Å². The maximum atomic E-state index is 13.1. The predicted molar refractivity (Wildman–Crippen MR) is 127 cm³/mol. The van der Waals surface area contributed by atoms with E-state index in [2.05, 4.69) is 28.1 Å². The normalized spacial score (nSPS) is 20.8. The molecule has 33 heavy (non-hydrogen) atoms. The first kappa shape index (κ1) is 21.6. The van der Waals surface area contributed by atoms with Gasteiger partial charge in [-0.3, -0.25) is 9.59 Å². The molecule has 0 aromatic heterocycles. The molecule has 2 aromatic rings. The lowest BCUT2D eigenvalue weighted by Gasteiger charge is -2.36. The van der Waals surface area contributed by atoms with Crippen LogP contribution in [0.25, 0.3) is 0 Å². The number of anilines is 3. The smallest absolute Gasteiger partial charge is 0.229 e. The van der Waals surface area contributed by atoms with Gasteiger partial charge in [0.05, 0.1) is 17.3 Å². The topological polar surface area (TPSA) is 74.4 Å². The fourth-order valence-corrected chi connectivity index (χ4v) is 4.73. The number of para-hydroxylation sites is 2. The summed E-state index contributed by atoms with van der Waals surface area (Å²) in [7, 11) is 0. The lowest BCUT2D eigenvalue weighted by Crippen LogP contribution is -2.46. The maximum absolute atomic E-state index is 13.1. The molecule has 5 rings (SSSR count). The van der Waals surface area contributed by atoms with Crippen LogP contribution in [0.3, 0.4) is 0 Å². The molecule has 0 saturated carbocycles. The summed E-state index contributed by atoms with van der Waals surface area (Å²) < 4.78 is 11.2. The van der Waals surface area contributed by atoms with Crippen LogP contribution in [-0.4, -0.2) is 69.2 Å². The van der Waals surface area contributed by atoms with Gasteiger partial charge in [0.1, 0.15) is 13.2 Å². The summed E-state index contributed by atoms with van der Waals surface area (Å²) >= 11 is 0. The molecule has 2 fully saturated rings. The van der Waals surface area contributed by atoms with Crippen molar-refractivity contribution in [2.75, 3.05) is 67.6 Å². The van der Waals surface area contributed by atoms with Gasteiger partial charge in [0.25, 0.3) is 0 Å². The van der Waals surface area contributed by atoms with Gasteiger partial charge < -0.3 is 29.5 Å². The third-order valence-electron chi connectivity index (χ3n) is 6.66. The van der Waals surface area contributed by atoms with Crippen LogP contribution in [0.5, 0.6) is 11.5 Å². The fourth-order valence-electron chi connectivity index (χ4n) is 4.73. The molecule has 8 nitrogen and oxygen atoms in total. The Morgan fingerprint density at radius 2 is 1.79 bits per heavy atom. The number of likely N-dealkylation sites (N-methyl/N-ethyl adjacent to an activating group) is 1. The molecule has 3 heterocycles. The highest BCUT2D eigenvalue weighted by Crippen LogP contribution is 2.36. The Morgan fingerprint density at radius 3 is 2.58 bits per heavy atom. The quantitative estimate of drug-likeness (QED) is 0.755. The minimum Gasteiger partial charge on any atom is -0.486 e. The second-order valence-corrected chi connectivity index (χ2v) is 8.66. The monoisotopic (exact) mass is 450 g/mol. The van der Waals surface area contributed by atoms with Crippen molar-refractivity contribution in [3.8, 4) is 11.5 Å². The number of hydrogen-bond acceptors (Lipinski definition) is 6. The average Bonchev–Trinajstić information content (AvgIpc) is 3.26. The molecule has 0 bridgehead atoms. The molecule has 0 spiro atoms. The van der Waals surface area contributed by atoms with Crippen molar-refractivity contribution >= 4 is 28.9 Å². The van der Waals surface area contributed by atoms with Gasteiger partial charge >= 0.3 is 0 Å². The number of amides is 2. The fraction of sp³-hybridized carbons (Fsp3) is 0.440. The van der Waals surface area contributed by atoms with E-state index in [1.165, 1.54) is 0 Å². The number of ether oxygens (including phenoxy) is 2. The molecule has 0 radical (unpaired) electrons. The third kappa shape index (κ3) is 4.48. The largest absolute Gasteiger partial charge is 0.486 e. The number of piperazine rings is 1. The molecule has 0 aliphatic carbocycles. The van der Waals surface area contributed by atoms with Gasteiger partial charge in [0, 0.05) is 50.9 Å². The Kier molecular flexibility index (Phi) is 6.09. The van der Waals surface area contributed by atoms with Gasteiger partial charge in [-0.05, 0) is 30.8 Å². The molecule has 3 aliphatic heterocycles. The Balaban J connectivity index is 1.26. The lowest BCUT2D eigenvalue weighted by molar-refractivity contribution is -0.122. The Hall–Kier alpha value is -3.26. The van der Waals surface area contributed by atoms with E-state index in [1.54, 1.807) is 4.90 Å². The highest BCUT2D eigenvalue weighted by molar-refractivity contribution is 6.04. The molecule has 2 amide bonds. The second-order valence-electron chi connectivity index (χ2n) is 8.66. The van der Waals surface area contributed by atoms with Gasteiger partial charge in [-0.15, -0.1) is 0 Å². The summed E-state index contributed by atoms with van der Waals surface area (Å²) in [5.41, 5.74) is 2.57. The van der Waals surface area contributed by atoms with Gasteiger partial charge in [-0.25, -0.2) is 0 Å². The van der Waals surface area contributed by atoms with E-state index >= 15 is 0 Å². The van der Waals surface area contributed by atoms with E-state index in [0.29, 0.717) is 31.3 Å². The van der Waals surface area contributed by atoms with Crippen molar-refractivity contribution in [1.82, 2.24) is 4.90 Å². The SMILES string of the molecule is CCN1CCN(c2ccccc2NC(=O)C2CC(=O)N(c3ccc4c(c3)OCCO4)C2)CC1. The van der Waals surface area contributed by atoms with Crippen LogP contribution in [0.1, 0.15) is 13.3 Å². The highest BCUT2D eigenvalue weighted by atomic mass is 16.6. The average molecular weight is 451 g/mol. The number of nitrogens with one attached hydrogen (secondary N) is 1. The number of carbonyl (C=O) groups is 2. The van der Waals surface area contributed by atoms with Gasteiger partial charge in [-0.2, -0.15) is 0 Å². The molecule has 1 N–H and O–H groups in total. The standard InChI is InChI=1S/C25H30N4O4/c1-2-27-9-11-28(12-10-27)21-6-4-3-5-20(21)26-25(31)18-15-24(30)29(17-18)19-7-8-22-23(16-19)33-14-13-32-22/h3-8,16,18H,2,9-15,17H2,1H3,(H,26,31). The summed E-state index contributed by atoms with van der Waals surface area (Å²) in [5, 5.41) is 3.10. The van der Waals surface area contributed by atoms with Crippen LogP contribution in [0.2, 0.25) is 0 Å². The third-order valence-corrected chi connectivity index (χ3v) is 6.66. The van der Waals surface area contributed by atoms with Crippen molar-refractivity contribution in [1.29, 1.82) is 0 Å². The first-order valence-electron chi connectivity index (χ1n) is 11.7. The maximum Gasteiger partial charge on any atom is 0.229 e. The number of nitrogens with zero attached hydrogens (tertiary/aromatic N) is 3. The van der Waals surface area contributed by atoms with Crippen LogP contribution in [0.4, 0.5) is 17.1 Å². The van der Waals surface area contributed by atoms with E-state index in [1.807, 2.05) is 36.4 Å². The molecule has 1 atom stereocenters. The molecule has 2 saturated heterocycles. The zero-order valence-electron chi connectivity index (χ0n) is 19.0. The van der Waals surface area contributed by atoms with Crippen molar-refractivity contribution in [2.45, 2.75) is 13.3 Å². The van der Waals surface area contributed by atoms with Crippen molar-refractivity contribution in [3.05, 3.63) is 42.5 Å². The minimum absolute atomic E-state index is 0.0594. The van der Waals surface area contributed by atoms with E-state index < -0.39 is 5.92 Å². The Morgan fingerprint density at radius 1 is 1.03 bits per heavy atom. The van der Waals surface area contributed by atoms with Crippen LogP contribution < -0.4 is 24.6 Å². The summed E-state index contributed by atoms with van der Waals surface area (Å²) in [6, 6.07) is 13.4. The van der Waals surface area contributed by atoms with Crippen LogP contribution in [-0.2, 0) is 9.59 Å². The van der Waals surface area contributed by atoms with Crippen molar-refractivity contribution < 1.29 is 19.1 Å². The highest BCUT2D eigenvalue weighted by Gasteiger charge is 2.36. The number of hydrogen-bond donors (Lipinski definition) is 1. The summed E-state index contributed by atoms with van der Waals surface area (Å²) in [5.74, 6) is 0.730. The van der Waals surface area contributed by atoms with Crippen LogP contribution >= 0.6 is 0 Å². The molecule has 1 unspecified atom stereocenters. The number of benzene rings is 2. The zero-order valence-corrected chi connectivity index (χ0v) is 19.0. The molecule has 2 aromatic carbocycles. The van der Waals surface area contributed by atoms with E-state index in [9.17, 15) is 9.59 Å². The van der Waals surface area contributed by atoms with Gasteiger partial charge in [0.15, 0.2) is 11.5 Å². The molecule has 174 valence electrons. The first-order valence-corrected chi connectivity index (χ1v) is 11.7. The number of rotatable bonds is 5. The number of carbonyl (C=O) groups excluding carboxylic acids is 2. The predicted octanol–water partition coefficient (Wildman–Crippen LogP) is 2.59. The van der Waals surface area contributed by atoms with Gasteiger partial charge in [0.2, 0.25) is 11.8 Å². The molecular weight excluding hydrogens is 420 g/mol.